The maximum Gasteiger partial charge on any atom is 0.121 e. The van der Waals surface area contributed by atoms with Gasteiger partial charge in [-0.1, -0.05) is 60.7 Å². The van der Waals surface area contributed by atoms with E-state index in [0.29, 0.717) is 13.2 Å². The summed E-state index contributed by atoms with van der Waals surface area (Å²) in [4.78, 5) is 1.12. The minimum Gasteiger partial charge on any atom is -0.489 e. The predicted molar refractivity (Wildman–Crippen MR) is 128 cm³/mol. The molecule has 0 spiro atoms. The van der Waals surface area contributed by atoms with E-state index in [4.69, 9.17) is 9.47 Å². The number of hydrogen-bond acceptors (Lipinski definition) is 3. The summed E-state index contributed by atoms with van der Waals surface area (Å²) in [6.07, 6.45) is 0. The molecule has 0 N–H and O–H groups in total. The van der Waals surface area contributed by atoms with Crippen LogP contribution in [-0.2, 0) is 13.2 Å². The van der Waals surface area contributed by atoms with Crippen LogP contribution in [0.25, 0.3) is 20.5 Å². The zero-order chi connectivity index (χ0) is 20.9. The molecule has 0 saturated carbocycles. The molecule has 0 bridgehead atoms. The number of benzene rings is 4. The summed E-state index contributed by atoms with van der Waals surface area (Å²) in [5, 5.41) is 1.11. The Kier molecular flexibility index (Phi) is 5.68. The SMILES string of the molecule is [c]1c(-c2ccc(OCc3ccccc3)cc2)sc2cc(OCc3ccccc3)ccc12. The first-order chi connectivity index (χ1) is 15.3. The Morgan fingerprint density at radius 3 is 1.84 bits per heavy atom. The van der Waals surface area contributed by atoms with Gasteiger partial charge in [0.2, 0.25) is 0 Å². The largest absolute Gasteiger partial charge is 0.489 e. The first-order valence-corrected chi connectivity index (χ1v) is 11.0. The molecule has 5 aromatic rings. The third kappa shape index (κ3) is 4.79. The molecule has 0 aliphatic heterocycles. The van der Waals surface area contributed by atoms with Gasteiger partial charge in [-0.05, 0) is 59.2 Å². The Morgan fingerprint density at radius 2 is 1.19 bits per heavy atom. The van der Waals surface area contributed by atoms with E-state index in [0.717, 1.165) is 38.5 Å². The fraction of sp³-hybridized carbons (Fsp3) is 0.0714. The molecule has 4 aromatic carbocycles. The van der Waals surface area contributed by atoms with Crippen LogP contribution in [0.4, 0.5) is 0 Å². The lowest BCUT2D eigenvalue weighted by molar-refractivity contribution is 0.306. The van der Waals surface area contributed by atoms with E-state index in [9.17, 15) is 0 Å². The van der Waals surface area contributed by atoms with Gasteiger partial charge in [-0.25, -0.2) is 0 Å². The molecule has 0 amide bonds. The molecule has 0 aliphatic rings. The Bertz CT molecular complexity index is 1260. The van der Waals surface area contributed by atoms with E-state index < -0.39 is 0 Å². The average molecular weight is 422 g/mol. The van der Waals surface area contributed by atoms with Crippen LogP contribution in [-0.4, -0.2) is 0 Å². The number of ether oxygens (including phenoxy) is 2. The van der Waals surface area contributed by atoms with E-state index in [2.05, 4.69) is 54.6 Å². The number of rotatable bonds is 7. The summed E-state index contributed by atoms with van der Waals surface area (Å²) in [6, 6.07) is 38.3. The summed E-state index contributed by atoms with van der Waals surface area (Å²) in [5.74, 6) is 1.74. The predicted octanol–water partition coefficient (Wildman–Crippen LogP) is 7.53. The molecule has 3 heteroatoms. The highest BCUT2D eigenvalue weighted by atomic mass is 32.1. The highest BCUT2D eigenvalue weighted by molar-refractivity contribution is 7.22. The van der Waals surface area contributed by atoms with Crippen molar-refractivity contribution in [2.24, 2.45) is 0 Å². The van der Waals surface area contributed by atoms with Gasteiger partial charge in [0.1, 0.15) is 24.7 Å². The van der Waals surface area contributed by atoms with Gasteiger partial charge < -0.3 is 9.47 Å². The Balaban J connectivity index is 1.27. The molecule has 0 atom stereocenters. The molecule has 2 nitrogen and oxygen atoms in total. The van der Waals surface area contributed by atoms with E-state index in [1.165, 1.54) is 4.70 Å². The van der Waals surface area contributed by atoms with Crippen molar-refractivity contribution in [3.63, 3.8) is 0 Å². The molecular formula is C28H21O2S. The van der Waals surface area contributed by atoms with Crippen molar-refractivity contribution in [2.75, 3.05) is 0 Å². The summed E-state index contributed by atoms with van der Waals surface area (Å²) in [5.41, 5.74) is 3.46. The molecule has 0 fully saturated rings. The number of fused-ring (bicyclic) bond motifs is 1. The molecule has 1 radical (unpaired) electrons. The lowest BCUT2D eigenvalue weighted by Crippen LogP contribution is -1.94. The van der Waals surface area contributed by atoms with Gasteiger partial charge in [-0.2, -0.15) is 0 Å². The van der Waals surface area contributed by atoms with Crippen molar-refractivity contribution in [3.05, 3.63) is 120 Å². The molecule has 31 heavy (non-hydrogen) atoms. The monoisotopic (exact) mass is 421 g/mol. The maximum atomic E-state index is 5.97. The topological polar surface area (TPSA) is 18.5 Å². The van der Waals surface area contributed by atoms with Crippen LogP contribution in [0.5, 0.6) is 11.5 Å². The van der Waals surface area contributed by atoms with Crippen molar-refractivity contribution in [3.8, 4) is 21.9 Å². The average Bonchev–Trinajstić information content (AvgIpc) is 3.26. The molecular weight excluding hydrogens is 400 g/mol. The normalized spacial score (nSPS) is 10.8. The molecule has 0 aliphatic carbocycles. The van der Waals surface area contributed by atoms with E-state index in [1.807, 2.05) is 54.6 Å². The summed E-state index contributed by atoms with van der Waals surface area (Å²) >= 11 is 1.73. The summed E-state index contributed by atoms with van der Waals surface area (Å²) in [7, 11) is 0. The van der Waals surface area contributed by atoms with Gasteiger partial charge in [0.05, 0.1) is 0 Å². The lowest BCUT2D eigenvalue weighted by atomic mass is 10.1. The standard InChI is InChI=1S/C28H21O2S/c1-3-7-21(8-4-1)19-29-25-14-11-23(12-15-25)27-17-24-13-16-26(18-28(24)31-27)30-20-22-9-5-2-6-10-22/h1-16,18H,19-20H2. The van der Waals surface area contributed by atoms with Crippen molar-refractivity contribution in [1.82, 2.24) is 0 Å². The molecule has 0 saturated heterocycles. The number of hydrogen-bond donors (Lipinski definition) is 0. The maximum absolute atomic E-state index is 5.97. The van der Waals surface area contributed by atoms with Crippen LogP contribution in [0.2, 0.25) is 0 Å². The van der Waals surface area contributed by atoms with E-state index >= 15 is 0 Å². The van der Waals surface area contributed by atoms with Gasteiger partial charge in [-0.15, -0.1) is 11.3 Å². The Hall–Kier alpha value is -3.56. The van der Waals surface area contributed by atoms with Crippen LogP contribution in [0.3, 0.4) is 0 Å². The van der Waals surface area contributed by atoms with Gasteiger partial charge >= 0.3 is 0 Å². The lowest BCUT2D eigenvalue weighted by Gasteiger charge is -2.06. The zero-order valence-electron chi connectivity index (χ0n) is 17.0. The van der Waals surface area contributed by atoms with Crippen molar-refractivity contribution >= 4 is 21.4 Å². The smallest absolute Gasteiger partial charge is 0.121 e. The fourth-order valence-corrected chi connectivity index (χ4v) is 4.39. The van der Waals surface area contributed by atoms with E-state index in [-0.39, 0.29) is 0 Å². The molecule has 151 valence electrons. The quantitative estimate of drug-likeness (QED) is 0.270. The first kappa shape index (κ1) is 19.4. The third-order valence-electron chi connectivity index (χ3n) is 5.03. The summed E-state index contributed by atoms with van der Waals surface area (Å²) < 4.78 is 13.0. The molecule has 1 heterocycles. The second-order valence-corrected chi connectivity index (χ2v) is 8.34. The Morgan fingerprint density at radius 1 is 0.613 bits per heavy atom. The third-order valence-corrected chi connectivity index (χ3v) is 6.13. The van der Waals surface area contributed by atoms with Crippen molar-refractivity contribution in [2.45, 2.75) is 13.2 Å². The molecule has 0 unspecified atom stereocenters. The van der Waals surface area contributed by atoms with Crippen LogP contribution < -0.4 is 9.47 Å². The van der Waals surface area contributed by atoms with Crippen molar-refractivity contribution in [1.29, 1.82) is 0 Å². The first-order valence-electron chi connectivity index (χ1n) is 10.2. The van der Waals surface area contributed by atoms with Gasteiger partial charge in [0.25, 0.3) is 0 Å². The molecule has 5 rings (SSSR count). The van der Waals surface area contributed by atoms with Crippen LogP contribution >= 0.6 is 11.3 Å². The second kappa shape index (κ2) is 9.07. The van der Waals surface area contributed by atoms with Gasteiger partial charge in [0.15, 0.2) is 0 Å². The van der Waals surface area contributed by atoms with E-state index in [1.54, 1.807) is 11.3 Å². The van der Waals surface area contributed by atoms with Gasteiger partial charge in [-0.3, -0.25) is 0 Å². The zero-order valence-corrected chi connectivity index (χ0v) is 17.8. The summed E-state index contributed by atoms with van der Waals surface area (Å²) in [6.45, 7) is 1.14. The minimum absolute atomic E-state index is 0.568. The fourth-order valence-electron chi connectivity index (χ4n) is 3.35. The highest BCUT2D eigenvalue weighted by Gasteiger charge is 2.07. The number of thiophene rings is 1. The molecule has 1 aromatic heterocycles. The highest BCUT2D eigenvalue weighted by Crippen LogP contribution is 2.35. The van der Waals surface area contributed by atoms with Crippen molar-refractivity contribution < 1.29 is 9.47 Å². The van der Waals surface area contributed by atoms with Crippen LogP contribution in [0.15, 0.2) is 103 Å². The second-order valence-electron chi connectivity index (χ2n) is 7.29. The van der Waals surface area contributed by atoms with Gasteiger partial charge in [0, 0.05) is 21.0 Å². The minimum atomic E-state index is 0.568. The Labute approximate surface area is 186 Å². The van der Waals surface area contributed by atoms with Crippen LogP contribution in [0.1, 0.15) is 11.1 Å². The van der Waals surface area contributed by atoms with Crippen LogP contribution in [0, 0.1) is 6.07 Å².